The van der Waals surface area contributed by atoms with E-state index in [9.17, 15) is 0 Å². The second kappa shape index (κ2) is 14.2. The van der Waals surface area contributed by atoms with Gasteiger partial charge in [-0.25, -0.2) is 0 Å². The van der Waals surface area contributed by atoms with Crippen LogP contribution < -0.4 is 0 Å². The lowest BCUT2D eigenvalue weighted by Crippen LogP contribution is -1.92. The van der Waals surface area contributed by atoms with Crippen LogP contribution in [-0.2, 0) is 0 Å². The zero-order valence-electron chi connectivity index (χ0n) is 31.9. The van der Waals surface area contributed by atoms with Crippen molar-refractivity contribution in [2.45, 2.75) is 0 Å². The normalized spacial score (nSPS) is 11.4. The smallest absolute Gasteiger partial charge is 0.00259 e. The number of hydrogen-bond acceptors (Lipinski definition) is 0. The van der Waals surface area contributed by atoms with E-state index in [1.54, 1.807) is 0 Å². The van der Waals surface area contributed by atoms with Crippen molar-refractivity contribution in [1.82, 2.24) is 0 Å². The van der Waals surface area contributed by atoms with Gasteiger partial charge in [-0.15, -0.1) is 0 Å². The molecule has 0 unspecified atom stereocenters. The number of benzene rings is 11. The summed E-state index contributed by atoms with van der Waals surface area (Å²) in [5, 5.41) is 10.00. The average Bonchev–Trinajstić information content (AvgIpc) is 3.30. The van der Waals surface area contributed by atoms with Crippen LogP contribution in [0.4, 0.5) is 0 Å². The Hall–Kier alpha value is -7.54. The second-order valence-electron chi connectivity index (χ2n) is 15.3. The molecule has 0 N–H and O–H groups in total. The van der Waals surface area contributed by atoms with Gasteiger partial charge in [0.25, 0.3) is 0 Å². The van der Waals surface area contributed by atoms with E-state index in [1.807, 2.05) is 0 Å². The summed E-state index contributed by atoms with van der Waals surface area (Å²) >= 11 is 0. The van der Waals surface area contributed by atoms with Gasteiger partial charge in [-0.05, 0) is 146 Å². The fourth-order valence-electron chi connectivity index (χ4n) is 8.92. The molecule has 0 bridgehead atoms. The molecule has 0 atom stereocenters. The lowest BCUT2D eigenvalue weighted by atomic mass is 9.84. The standard InChI is InChI=1S/C58H38/c1-3-13-39(14-4-1)50-36-51(40-15-5-2-6-16-40)38-52(37-50)58-55-21-11-9-19-53(55)57(54-20-10-12-22-56(54)58)48-32-29-44-28-31-47(34-49(44)35-48)43-25-23-42(24-26-43)46-30-27-41-17-7-8-18-45(41)33-46/h1-38H. The quantitative estimate of drug-likeness (QED) is 0.149. The first-order chi connectivity index (χ1) is 28.7. The molecule has 0 heterocycles. The Morgan fingerprint density at radius 3 is 1.00 bits per heavy atom. The molecule has 0 fully saturated rings. The first-order valence-electron chi connectivity index (χ1n) is 20.1. The van der Waals surface area contributed by atoms with Crippen LogP contribution >= 0.6 is 0 Å². The third-order valence-corrected chi connectivity index (χ3v) is 11.8. The van der Waals surface area contributed by atoms with Crippen molar-refractivity contribution in [3.05, 3.63) is 231 Å². The van der Waals surface area contributed by atoms with Crippen LogP contribution in [-0.4, -0.2) is 0 Å². The average molecular weight is 735 g/mol. The lowest BCUT2D eigenvalue weighted by Gasteiger charge is -2.19. The molecule has 0 aromatic heterocycles. The van der Waals surface area contributed by atoms with Crippen LogP contribution in [0, 0.1) is 0 Å². The monoisotopic (exact) mass is 734 g/mol. The van der Waals surface area contributed by atoms with E-state index in [4.69, 9.17) is 0 Å². The Kier molecular flexibility index (Phi) is 8.26. The fourth-order valence-corrected chi connectivity index (χ4v) is 8.92. The molecule has 11 aromatic carbocycles. The van der Waals surface area contributed by atoms with Crippen molar-refractivity contribution in [3.63, 3.8) is 0 Å². The van der Waals surface area contributed by atoms with Gasteiger partial charge in [0.05, 0.1) is 0 Å². The molecule has 0 amide bonds. The van der Waals surface area contributed by atoms with Crippen molar-refractivity contribution >= 4 is 43.1 Å². The van der Waals surface area contributed by atoms with Crippen molar-refractivity contribution in [3.8, 4) is 66.8 Å². The summed E-state index contributed by atoms with van der Waals surface area (Å²) in [6.07, 6.45) is 0. The molecular weight excluding hydrogens is 697 g/mol. The molecule has 11 aromatic rings. The Morgan fingerprint density at radius 2 is 0.483 bits per heavy atom. The molecule has 0 aliphatic rings. The number of fused-ring (bicyclic) bond motifs is 4. The van der Waals surface area contributed by atoms with Gasteiger partial charge >= 0.3 is 0 Å². The first kappa shape index (κ1) is 33.8. The van der Waals surface area contributed by atoms with E-state index in [2.05, 4.69) is 231 Å². The van der Waals surface area contributed by atoms with E-state index in [-0.39, 0.29) is 0 Å². The van der Waals surface area contributed by atoms with E-state index in [0.717, 1.165) is 0 Å². The largest absolute Gasteiger partial charge is 0.0622 e. The molecule has 0 nitrogen and oxygen atoms in total. The summed E-state index contributed by atoms with van der Waals surface area (Å²) in [4.78, 5) is 0. The summed E-state index contributed by atoms with van der Waals surface area (Å²) in [5.41, 5.74) is 14.7. The van der Waals surface area contributed by atoms with Crippen LogP contribution in [0.1, 0.15) is 0 Å². The zero-order valence-corrected chi connectivity index (χ0v) is 31.9. The van der Waals surface area contributed by atoms with E-state index in [1.165, 1.54) is 110 Å². The molecule has 0 saturated heterocycles. The predicted octanol–water partition coefficient (Wildman–Crippen LogP) is 16.3. The highest BCUT2D eigenvalue weighted by Crippen LogP contribution is 2.46. The number of rotatable bonds is 6. The van der Waals surface area contributed by atoms with Crippen molar-refractivity contribution < 1.29 is 0 Å². The molecule has 0 aliphatic heterocycles. The molecular formula is C58H38. The highest BCUT2D eigenvalue weighted by molar-refractivity contribution is 6.22. The molecule has 0 spiro atoms. The van der Waals surface area contributed by atoms with E-state index < -0.39 is 0 Å². The molecule has 0 heteroatoms. The van der Waals surface area contributed by atoms with Crippen LogP contribution in [0.5, 0.6) is 0 Å². The topological polar surface area (TPSA) is 0 Å². The van der Waals surface area contributed by atoms with Crippen molar-refractivity contribution in [2.75, 3.05) is 0 Å². The summed E-state index contributed by atoms with van der Waals surface area (Å²) in [5.74, 6) is 0. The van der Waals surface area contributed by atoms with Gasteiger partial charge in [-0.2, -0.15) is 0 Å². The van der Waals surface area contributed by atoms with Gasteiger partial charge in [0, 0.05) is 0 Å². The van der Waals surface area contributed by atoms with Crippen molar-refractivity contribution in [2.24, 2.45) is 0 Å². The molecule has 0 radical (unpaired) electrons. The Morgan fingerprint density at radius 1 is 0.155 bits per heavy atom. The maximum absolute atomic E-state index is 2.39. The molecule has 0 aliphatic carbocycles. The Balaban J connectivity index is 1.05. The maximum atomic E-state index is 2.39. The SMILES string of the molecule is c1ccc(-c2cc(-c3ccccc3)cc(-c3c4ccccc4c(-c4ccc5ccc(-c6ccc(-c7ccc8ccccc8c7)cc6)cc5c4)c4ccccc34)c2)cc1. The fraction of sp³-hybridized carbons (Fsp3) is 0. The van der Waals surface area contributed by atoms with Gasteiger partial charge in [0.1, 0.15) is 0 Å². The molecule has 58 heavy (non-hydrogen) atoms. The summed E-state index contributed by atoms with van der Waals surface area (Å²) in [6.45, 7) is 0. The van der Waals surface area contributed by atoms with Gasteiger partial charge < -0.3 is 0 Å². The lowest BCUT2D eigenvalue weighted by molar-refractivity contribution is 1.58. The summed E-state index contributed by atoms with van der Waals surface area (Å²) in [6, 6.07) is 84.6. The maximum Gasteiger partial charge on any atom is -0.00259 e. The van der Waals surface area contributed by atoms with Crippen LogP contribution in [0.15, 0.2) is 231 Å². The zero-order chi connectivity index (χ0) is 38.4. The van der Waals surface area contributed by atoms with Crippen molar-refractivity contribution in [1.29, 1.82) is 0 Å². The second-order valence-corrected chi connectivity index (χ2v) is 15.3. The van der Waals surface area contributed by atoms with Gasteiger partial charge in [-0.3, -0.25) is 0 Å². The van der Waals surface area contributed by atoms with E-state index in [0.29, 0.717) is 0 Å². The molecule has 270 valence electrons. The van der Waals surface area contributed by atoms with Crippen LogP contribution in [0.3, 0.4) is 0 Å². The predicted molar refractivity (Wildman–Crippen MR) is 249 cm³/mol. The minimum absolute atomic E-state index is 1.21. The Bertz CT molecular complexity index is 3190. The molecule has 0 saturated carbocycles. The van der Waals surface area contributed by atoms with E-state index >= 15 is 0 Å². The van der Waals surface area contributed by atoms with Gasteiger partial charge in [0.15, 0.2) is 0 Å². The minimum Gasteiger partial charge on any atom is -0.0622 e. The van der Waals surface area contributed by atoms with Crippen LogP contribution in [0.25, 0.3) is 110 Å². The summed E-state index contributed by atoms with van der Waals surface area (Å²) < 4.78 is 0. The first-order valence-corrected chi connectivity index (χ1v) is 20.1. The third kappa shape index (κ3) is 6.04. The van der Waals surface area contributed by atoms with Gasteiger partial charge in [-0.1, -0.05) is 194 Å². The third-order valence-electron chi connectivity index (χ3n) is 11.8. The van der Waals surface area contributed by atoms with Gasteiger partial charge in [0.2, 0.25) is 0 Å². The van der Waals surface area contributed by atoms with Crippen LogP contribution in [0.2, 0.25) is 0 Å². The summed E-state index contributed by atoms with van der Waals surface area (Å²) in [7, 11) is 0. The molecule has 11 rings (SSSR count). The Labute approximate surface area is 339 Å². The number of hydrogen-bond donors (Lipinski definition) is 0. The highest BCUT2D eigenvalue weighted by atomic mass is 14.2. The highest BCUT2D eigenvalue weighted by Gasteiger charge is 2.18. The minimum atomic E-state index is 1.21.